The van der Waals surface area contributed by atoms with Gasteiger partial charge in [0.05, 0.1) is 21.3 Å². The van der Waals surface area contributed by atoms with Crippen molar-refractivity contribution in [2.24, 2.45) is 0 Å². The summed E-state index contributed by atoms with van der Waals surface area (Å²) in [4.78, 5) is 13.6. The minimum absolute atomic E-state index is 0.119. The van der Waals surface area contributed by atoms with Gasteiger partial charge in [0.15, 0.2) is 17.3 Å². The number of hydrogen-bond acceptors (Lipinski definition) is 5. The number of thiophene rings is 1. The van der Waals surface area contributed by atoms with Crippen molar-refractivity contribution in [3.8, 4) is 34.1 Å². The molecule has 0 N–H and O–H groups in total. The zero-order valence-electron chi connectivity index (χ0n) is 17.8. The number of ether oxygens (including phenoxy) is 3. The van der Waals surface area contributed by atoms with Crippen LogP contribution in [0.25, 0.3) is 16.8 Å². The minimum Gasteiger partial charge on any atom is -0.493 e. The van der Waals surface area contributed by atoms with Gasteiger partial charge in [0, 0.05) is 34.8 Å². The van der Waals surface area contributed by atoms with E-state index in [0.717, 1.165) is 16.8 Å². The van der Waals surface area contributed by atoms with Gasteiger partial charge in [0.1, 0.15) is 0 Å². The summed E-state index contributed by atoms with van der Waals surface area (Å²) in [6, 6.07) is 13.6. The Morgan fingerprint density at radius 1 is 0.903 bits per heavy atom. The van der Waals surface area contributed by atoms with Crippen molar-refractivity contribution < 1.29 is 19.0 Å². The van der Waals surface area contributed by atoms with Crippen LogP contribution in [0.5, 0.6) is 17.2 Å². The first-order chi connectivity index (χ1) is 15.0. The molecule has 4 rings (SSSR count). The third-order valence-corrected chi connectivity index (χ3v) is 5.85. The van der Waals surface area contributed by atoms with Gasteiger partial charge in [-0.1, -0.05) is 17.7 Å². The predicted octanol–water partition coefficient (Wildman–Crippen LogP) is 5.77. The minimum atomic E-state index is -0.119. The highest BCUT2D eigenvalue weighted by atomic mass is 32.1. The normalized spacial score (nSPS) is 10.7. The van der Waals surface area contributed by atoms with Crippen molar-refractivity contribution in [1.29, 1.82) is 0 Å². The smallest absolute Gasteiger partial charge is 0.203 e. The van der Waals surface area contributed by atoms with Crippen molar-refractivity contribution >= 4 is 17.1 Å². The largest absolute Gasteiger partial charge is 0.493 e. The molecule has 158 valence electrons. The number of benzene rings is 2. The monoisotopic (exact) mass is 433 g/mol. The quantitative estimate of drug-likeness (QED) is 0.347. The van der Waals surface area contributed by atoms with Crippen LogP contribution >= 0.6 is 11.3 Å². The predicted molar refractivity (Wildman–Crippen MR) is 123 cm³/mol. The van der Waals surface area contributed by atoms with E-state index in [9.17, 15) is 4.79 Å². The van der Waals surface area contributed by atoms with Gasteiger partial charge >= 0.3 is 0 Å². The molecular formula is C25H23NO4S. The lowest BCUT2D eigenvalue weighted by atomic mass is 9.99. The molecule has 0 fully saturated rings. The van der Waals surface area contributed by atoms with Crippen molar-refractivity contribution in [2.75, 3.05) is 21.3 Å². The second-order valence-corrected chi connectivity index (χ2v) is 7.86. The van der Waals surface area contributed by atoms with Crippen LogP contribution < -0.4 is 14.2 Å². The molecular weight excluding hydrogens is 410 g/mol. The van der Waals surface area contributed by atoms with Crippen LogP contribution in [0.4, 0.5) is 0 Å². The lowest BCUT2D eigenvalue weighted by Crippen LogP contribution is -2.04. The maximum atomic E-state index is 13.6. The van der Waals surface area contributed by atoms with Gasteiger partial charge in [0.2, 0.25) is 5.75 Å². The van der Waals surface area contributed by atoms with Crippen LogP contribution in [-0.4, -0.2) is 31.7 Å². The standard InChI is InChI=1S/C25H23NO4S/c1-16-5-7-19(8-6-16)26-13-20(17-9-10-31-15-17)21(14-26)24(27)18-11-22(28-2)25(30-4)23(12-18)29-3/h5-15H,1-4H3. The fourth-order valence-electron chi connectivity index (χ4n) is 3.52. The maximum Gasteiger partial charge on any atom is 0.203 e. The first-order valence-electron chi connectivity index (χ1n) is 9.72. The van der Waals surface area contributed by atoms with E-state index in [4.69, 9.17) is 14.2 Å². The summed E-state index contributed by atoms with van der Waals surface area (Å²) in [7, 11) is 4.62. The van der Waals surface area contributed by atoms with E-state index in [1.807, 2.05) is 45.9 Å². The molecule has 0 radical (unpaired) electrons. The number of ketones is 1. The second kappa shape index (κ2) is 8.70. The Balaban J connectivity index is 1.85. The van der Waals surface area contributed by atoms with Gasteiger partial charge in [0.25, 0.3) is 0 Å². The summed E-state index contributed by atoms with van der Waals surface area (Å²) in [5.74, 6) is 1.23. The van der Waals surface area contributed by atoms with Gasteiger partial charge in [-0.2, -0.15) is 11.3 Å². The summed E-state index contributed by atoms with van der Waals surface area (Å²) in [5.41, 5.74) is 5.13. The number of rotatable bonds is 7. The Morgan fingerprint density at radius 2 is 1.58 bits per heavy atom. The highest BCUT2D eigenvalue weighted by Crippen LogP contribution is 2.39. The van der Waals surface area contributed by atoms with Crippen LogP contribution in [-0.2, 0) is 0 Å². The topological polar surface area (TPSA) is 49.7 Å². The molecule has 0 atom stereocenters. The molecule has 0 amide bonds. The summed E-state index contributed by atoms with van der Waals surface area (Å²) in [6.45, 7) is 2.05. The van der Waals surface area contributed by atoms with Crippen LogP contribution in [0, 0.1) is 6.92 Å². The zero-order valence-corrected chi connectivity index (χ0v) is 18.7. The van der Waals surface area contributed by atoms with E-state index in [-0.39, 0.29) is 5.78 Å². The number of hydrogen-bond donors (Lipinski definition) is 0. The molecule has 2 heterocycles. The van der Waals surface area contributed by atoms with Gasteiger partial charge in [-0.25, -0.2) is 0 Å². The lowest BCUT2D eigenvalue weighted by Gasteiger charge is -2.13. The Labute approximate surface area is 185 Å². The first-order valence-corrected chi connectivity index (χ1v) is 10.7. The number of aromatic nitrogens is 1. The first kappa shape index (κ1) is 20.8. The fraction of sp³-hybridized carbons (Fsp3) is 0.160. The number of aryl methyl sites for hydroxylation is 1. The summed E-state index contributed by atoms with van der Waals surface area (Å²) >= 11 is 1.60. The molecule has 2 aromatic heterocycles. The molecule has 0 saturated heterocycles. The molecule has 2 aromatic carbocycles. The number of carbonyl (C=O) groups excluding carboxylic acids is 1. The molecule has 0 aliphatic carbocycles. The highest BCUT2D eigenvalue weighted by molar-refractivity contribution is 7.08. The van der Waals surface area contributed by atoms with Gasteiger partial charge in [-0.15, -0.1) is 0 Å². The maximum absolute atomic E-state index is 13.6. The Hall–Kier alpha value is -3.51. The molecule has 0 spiro atoms. The van der Waals surface area contributed by atoms with E-state index in [2.05, 4.69) is 19.1 Å². The third-order valence-electron chi connectivity index (χ3n) is 5.16. The summed E-state index contributed by atoms with van der Waals surface area (Å²) in [6.07, 6.45) is 3.88. The number of nitrogens with zero attached hydrogens (tertiary/aromatic N) is 1. The van der Waals surface area contributed by atoms with Crippen LogP contribution in [0.15, 0.2) is 65.6 Å². The Bertz CT molecular complexity index is 1180. The van der Waals surface area contributed by atoms with Crippen molar-refractivity contribution in [3.63, 3.8) is 0 Å². The van der Waals surface area contributed by atoms with Gasteiger partial charge in [-0.3, -0.25) is 4.79 Å². The van der Waals surface area contributed by atoms with Crippen molar-refractivity contribution in [1.82, 2.24) is 4.57 Å². The second-order valence-electron chi connectivity index (χ2n) is 7.08. The molecule has 0 bridgehead atoms. The third kappa shape index (κ3) is 3.94. The highest BCUT2D eigenvalue weighted by Gasteiger charge is 2.22. The van der Waals surface area contributed by atoms with Gasteiger partial charge < -0.3 is 18.8 Å². The average Bonchev–Trinajstić information content (AvgIpc) is 3.48. The molecule has 0 aliphatic heterocycles. The van der Waals surface area contributed by atoms with E-state index >= 15 is 0 Å². The SMILES string of the molecule is COc1cc(C(=O)c2cn(-c3ccc(C)cc3)cc2-c2ccsc2)cc(OC)c1OC. The van der Waals surface area contributed by atoms with E-state index in [1.54, 1.807) is 23.5 Å². The molecule has 4 aromatic rings. The van der Waals surface area contributed by atoms with Crippen molar-refractivity contribution in [2.45, 2.75) is 6.92 Å². The molecule has 0 saturated carbocycles. The summed E-state index contributed by atoms with van der Waals surface area (Å²) < 4.78 is 18.2. The zero-order chi connectivity index (χ0) is 22.0. The van der Waals surface area contributed by atoms with Crippen molar-refractivity contribution in [3.05, 3.63) is 82.3 Å². The molecule has 5 nitrogen and oxygen atoms in total. The lowest BCUT2D eigenvalue weighted by molar-refractivity contribution is 0.103. The number of carbonyl (C=O) groups is 1. The van der Waals surface area contributed by atoms with E-state index in [0.29, 0.717) is 28.4 Å². The van der Waals surface area contributed by atoms with E-state index in [1.165, 1.54) is 26.9 Å². The number of methoxy groups -OCH3 is 3. The average molecular weight is 434 g/mol. The molecule has 0 aliphatic rings. The van der Waals surface area contributed by atoms with Crippen LogP contribution in [0.2, 0.25) is 0 Å². The molecule has 6 heteroatoms. The van der Waals surface area contributed by atoms with Crippen LogP contribution in [0.3, 0.4) is 0 Å². The molecule has 0 unspecified atom stereocenters. The molecule has 31 heavy (non-hydrogen) atoms. The Kier molecular flexibility index (Phi) is 5.82. The van der Waals surface area contributed by atoms with Gasteiger partial charge in [-0.05, 0) is 53.6 Å². The van der Waals surface area contributed by atoms with E-state index < -0.39 is 0 Å². The summed E-state index contributed by atoms with van der Waals surface area (Å²) in [5, 5.41) is 4.05. The fourth-order valence-corrected chi connectivity index (χ4v) is 4.17. The Morgan fingerprint density at radius 3 is 2.13 bits per heavy atom. The van der Waals surface area contributed by atoms with Crippen LogP contribution in [0.1, 0.15) is 21.5 Å².